The molecular weight excluding hydrogens is 847 g/mol. The Morgan fingerprint density at radius 3 is 1.12 bits per heavy atom. The number of thiophene rings is 6. The van der Waals surface area contributed by atoms with E-state index in [0.29, 0.717) is 19.5 Å². The highest BCUT2D eigenvalue weighted by atomic mass is 32.1. The van der Waals surface area contributed by atoms with Gasteiger partial charge in [-0.05, 0) is 82.3 Å². The van der Waals surface area contributed by atoms with Gasteiger partial charge in [0.25, 0.3) is 0 Å². The Bertz CT molecular complexity index is 2610. The van der Waals surface area contributed by atoms with E-state index in [-0.39, 0.29) is 31.7 Å². The standard InChI is InChI=1S/C45H34F6S6/c1-41(2,3)35-17-15-29(54-35)39-25(21-33(56-39)31-19-23-11-7-9-13-27(23)52-31)37-38(44(48,49)45(50,51)43(37,46)47)26-22-34(32-20-24-12-8-10-14-28(24)53-32)57-40(26)30-16-18-36(55-30)42(4,5)6/h7-22H,1-6H3. The lowest BCUT2D eigenvalue weighted by Crippen LogP contribution is -2.48. The lowest BCUT2D eigenvalue weighted by atomic mass is 9.93. The van der Waals surface area contributed by atoms with Gasteiger partial charge in [0.1, 0.15) is 0 Å². The second-order valence-corrected chi connectivity index (χ2v) is 22.7. The van der Waals surface area contributed by atoms with Crippen LogP contribution >= 0.6 is 68.0 Å². The van der Waals surface area contributed by atoms with E-state index in [1.54, 1.807) is 12.1 Å². The van der Waals surface area contributed by atoms with Crippen LogP contribution in [0.25, 0.3) is 70.3 Å². The molecule has 6 heterocycles. The first-order valence-corrected chi connectivity index (χ1v) is 23.0. The van der Waals surface area contributed by atoms with Gasteiger partial charge in [-0.2, -0.15) is 26.3 Å². The maximum Gasteiger partial charge on any atom is 0.380 e. The topological polar surface area (TPSA) is 0 Å². The van der Waals surface area contributed by atoms with E-state index in [1.165, 1.54) is 80.2 Å². The number of benzene rings is 2. The lowest BCUT2D eigenvalue weighted by molar-refractivity contribution is -0.254. The van der Waals surface area contributed by atoms with E-state index in [2.05, 4.69) is 0 Å². The monoisotopic (exact) mass is 880 g/mol. The molecule has 0 atom stereocenters. The van der Waals surface area contributed by atoms with Crippen molar-refractivity contribution in [3.8, 4) is 39.0 Å². The van der Waals surface area contributed by atoms with Gasteiger partial charge in [-0.25, -0.2) is 0 Å². The summed E-state index contributed by atoms with van der Waals surface area (Å²) in [6.45, 7) is 12.1. The van der Waals surface area contributed by atoms with Gasteiger partial charge >= 0.3 is 17.8 Å². The van der Waals surface area contributed by atoms with Gasteiger partial charge in [-0.1, -0.05) is 77.9 Å². The number of allylic oxidation sites excluding steroid dienone is 2. The predicted octanol–water partition coefficient (Wildman–Crippen LogP) is 17.5. The van der Waals surface area contributed by atoms with Gasteiger partial charge < -0.3 is 0 Å². The molecule has 0 unspecified atom stereocenters. The Labute approximate surface area is 350 Å². The fraction of sp³-hybridized carbons (Fsp3) is 0.244. The summed E-state index contributed by atoms with van der Waals surface area (Å²) >= 11 is 7.95. The van der Waals surface area contributed by atoms with Crippen molar-refractivity contribution >= 4 is 99.3 Å². The molecule has 292 valence electrons. The van der Waals surface area contributed by atoms with Crippen molar-refractivity contribution in [2.24, 2.45) is 0 Å². The summed E-state index contributed by atoms with van der Waals surface area (Å²) in [7, 11) is 0. The highest BCUT2D eigenvalue weighted by Gasteiger charge is 2.80. The minimum absolute atomic E-state index is 0.260. The van der Waals surface area contributed by atoms with Gasteiger partial charge in [0.05, 0.1) is 9.75 Å². The van der Waals surface area contributed by atoms with Crippen molar-refractivity contribution in [2.45, 2.75) is 70.1 Å². The zero-order valence-corrected chi connectivity index (χ0v) is 36.4. The van der Waals surface area contributed by atoms with Crippen molar-refractivity contribution < 1.29 is 26.3 Å². The Balaban J connectivity index is 1.36. The first-order valence-electron chi connectivity index (χ1n) is 18.1. The smallest absolute Gasteiger partial charge is 0.194 e. The van der Waals surface area contributed by atoms with E-state index in [4.69, 9.17) is 0 Å². The number of fused-ring (bicyclic) bond motifs is 2. The molecule has 0 nitrogen and oxygen atoms in total. The largest absolute Gasteiger partial charge is 0.380 e. The minimum Gasteiger partial charge on any atom is -0.194 e. The SMILES string of the molecule is CC(C)(C)c1ccc(-c2sc(-c3cc4ccccc4s3)cc2C2=C(c3cc(-c4cc5ccccc5s4)sc3-c3ccc(C(C)(C)C)s3)C(F)(F)C(F)(F)C2(F)F)s1. The summed E-state index contributed by atoms with van der Waals surface area (Å²) in [6, 6.07) is 29.5. The quantitative estimate of drug-likeness (QED) is 0.146. The number of alkyl halides is 6. The minimum atomic E-state index is -5.71. The van der Waals surface area contributed by atoms with Gasteiger partial charge in [0.15, 0.2) is 0 Å². The third kappa shape index (κ3) is 6.23. The third-order valence-electron chi connectivity index (χ3n) is 10.1. The van der Waals surface area contributed by atoms with Crippen LogP contribution in [0.5, 0.6) is 0 Å². The van der Waals surface area contributed by atoms with Crippen molar-refractivity contribution in [1.29, 1.82) is 0 Å². The van der Waals surface area contributed by atoms with E-state index < -0.39 is 28.9 Å². The molecule has 0 aliphatic heterocycles. The van der Waals surface area contributed by atoms with Crippen LogP contribution in [-0.4, -0.2) is 17.8 Å². The summed E-state index contributed by atoms with van der Waals surface area (Å²) in [5, 5.41) is 1.87. The maximum atomic E-state index is 16.9. The summed E-state index contributed by atoms with van der Waals surface area (Å²) in [4.78, 5) is 6.08. The predicted molar refractivity (Wildman–Crippen MR) is 236 cm³/mol. The fourth-order valence-corrected chi connectivity index (χ4v) is 14.1. The molecule has 0 bridgehead atoms. The van der Waals surface area contributed by atoms with E-state index in [9.17, 15) is 0 Å². The van der Waals surface area contributed by atoms with Crippen molar-refractivity contribution in [1.82, 2.24) is 0 Å². The number of halogens is 6. The number of rotatable bonds is 6. The first-order chi connectivity index (χ1) is 26.8. The normalized spacial score (nSPS) is 16.8. The second-order valence-electron chi connectivity index (χ2n) is 16.3. The molecule has 0 radical (unpaired) electrons. The first kappa shape index (κ1) is 39.0. The van der Waals surface area contributed by atoms with Gasteiger partial charge in [-0.15, -0.1) is 68.0 Å². The average molecular weight is 881 g/mol. The van der Waals surface area contributed by atoms with Crippen molar-refractivity contribution in [3.63, 3.8) is 0 Å². The zero-order chi connectivity index (χ0) is 40.4. The molecule has 1 aliphatic rings. The zero-order valence-electron chi connectivity index (χ0n) is 31.5. The molecule has 12 heteroatoms. The summed E-state index contributed by atoms with van der Waals surface area (Å²) in [6.07, 6.45) is 0. The van der Waals surface area contributed by atoms with Crippen LogP contribution in [0.2, 0.25) is 0 Å². The van der Waals surface area contributed by atoms with Crippen LogP contribution in [0.4, 0.5) is 26.3 Å². The van der Waals surface area contributed by atoms with Crippen LogP contribution in [-0.2, 0) is 10.8 Å². The maximum absolute atomic E-state index is 16.9. The Hall–Kier alpha value is -3.52. The molecule has 0 saturated carbocycles. The molecule has 0 amide bonds. The van der Waals surface area contributed by atoms with Crippen LogP contribution in [0.3, 0.4) is 0 Å². The highest BCUT2D eigenvalue weighted by Crippen LogP contribution is 2.68. The summed E-state index contributed by atoms with van der Waals surface area (Å²) in [5.74, 6) is -16.1. The Morgan fingerprint density at radius 2 is 0.772 bits per heavy atom. The second kappa shape index (κ2) is 13.2. The summed E-state index contributed by atoms with van der Waals surface area (Å²) in [5.41, 5.74) is -3.83. The molecule has 0 spiro atoms. The molecule has 9 rings (SSSR count). The molecular formula is C45H34F6S6. The molecule has 57 heavy (non-hydrogen) atoms. The number of hydrogen-bond donors (Lipinski definition) is 0. The highest BCUT2D eigenvalue weighted by molar-refractivity contribution is 7.29. The average Bonchev–Trinajstić information content (AvgIpc) is 3.98. The molecule has 8 aromatic rings. The molecule has 0 fully saturated rings. The fourth-order valence-electron chi connectivity index (χ4n) is 7.13. The van der Waals surface area contributed by atoms with Gasteiger partial charge in [0.2, 0.25) is 0 Å². The van der Waals surface area contributed by atoms with E-state index >= 15 is 26.3 Å². The Morgan fingerprint density at radius 1 is 0.404 bits per heavy atom. The molecule has 2 aromatic carbocycles. The van der Waals surface area contributed by atoms with Crippen molar-refractivity contribution in [2.75, 3.05) is 0 Å². The van der Waals surface area contributed by atoms with Crippen LogP contribution in [0.15, 0.2) is 97.1 Å². The van der Waals surface area contributed by atoms with Gasteiger partial charge in [0, 0.05) is 70.7 Å². The summed E-state index contributed by atoms with van der Waals surface area (Å²) < 4.78 is 102. The third-order valence-corrected chi connectivity index (χ3v) is 18.4. The van der Waals surface area contributed by atoms with E-state index in [1.807, 2.05) is 114 Å². The van der Waals surface area contributed by atoms with Crippen LogP contribution in [0, 0.1) is 0 Å². The molecule has 1 aliphatic carbocycles. The van der Waals surface area contributed by atoms with E-state index in [0.717, 1.165) is 39.7 Å². The van der Waals surface area contributed by atoms with Crippen molar-refractivity contribution in [3.05, 3.63) is 118 Å². The lowest BCUT2D eigenvalue weighted by Gasteiger charge is -2.26. The van der Waals surface area contributed by atoms with Gasteiger partial charge in [-0.3, -0.25) is 0 Å². The van der Waals surface area contributed by atoms with Crippen LogP contribution in [0.1, 0.15) is 62.4 Å². The molecule has 6 aromatic heterocycles. The van der Waals surface area contributed by atoms with Crippen LogP contribution < -0.4 is 0 Å². The molecule has 0 N–H and O–H groups in total. The number of hydrogen-bond acceptors (Lipinski definition) is 6. The Kier molecular flexibility index (Phi) is 9.05. The molecule has 0 saturated heterocycles.